The summed E-state index contributed by atoms with van der Waals surface area (Å²) in [6.45, 7) is 0.682. The maximum Gasteiger partial charge on any atom is 0.238 e. The highest BCUT2D eigenvalue weighted by Gasteiger charge is 2.18. The van der Waals surface area contributed by atoms with E-state index in [1.807, 2.05) is 0 Å². The molecule has 1 fully saturated rings. The lowest BCUT2D eigenvalue weighted by molar-refractivity contribution is -0.122. The van der Waals surface area contributed by atoms with Gasteiger partial charge in [0.2, 0.25) is 11.8 Å². The van der Waals surface area contributed by atoms with Gasteiger partial charge in [0.05, 0.1) is 22.3 Å². The summed E-state index contributed by atoms with van der Waals surface area (Å²) in [5.74, 6) is -0.174. The zero-order valence-electron chi connectivity index (χ0n) is 10.7. The van der Waals surface area contributed by atoms with Crippen LogP contribution in [0.1, 0.15) is 12.8 Å². The number of hydrogen-bond acceptors (Lipinski definition) is 3. The van der Waals surface area contributed by atoms with Gasteiger partial charge in [-0.05, 0) is 18.6 Å². The standard InChI is InChI=1S/C13H15Cl2N3O2/c14-9-2-1-3-10(15)13(9)18-12(20)7-16-8-4-5-11(19)17-6-8/h1-3,8,16H,4-7H2,(H,17,19)(H,18,20). The number of anilines is 1. The molecule has 7 heteroatoms. The van der Waals surface area contributed by atoms with Crippen molar-refractivity contribution in [1.82, 2.24) is 10.6 Å². The minimum atomic E-state index is -0.225. The Morgan fingerprint density at radius 3 is 2.65 bits per heavy atom. The smallest absolute Gasteiger partial charge is 0.238 e. The molecular formula is C13H15Cl2N3O2. The normalized spacial score (nSPS) is 18.5. The van der Waals surface area contributed by atoms with Crippen molar-refractivity contribution in [3.05, 3.63) is 28.2 Å². The summed E-state index contributed by atoms with van der Waals surface area (Å²) in [4.78, 5) is 22.9. The zero-order chi connectivity index (χ0) is 14.5. The first kappa shape index (κ1) is 15.1. The molecule has 0 aromatic heterocycles. The lowest BCUT2D eigenvalue weighted by Gasteiger charge is -2.23. The molecule has 1 saturated heterocycles. The quantitative estimate of drug-likeness (QED) is 0.793. The number of piperidine rings is 1. The first-order valence-corrected chi connectivity index (χ1v) is 7.06. The van der Waals surface area contributed by atoms with Crippen molar-refractivity contribution < 1.29 is 9.59 Å². The molecule has 5 nitrogen and oxygen atoms in total. The summed E-state index contributed by atoms with van der Waals surface area (Å²) in [5, 5.41) is 9.31. The van der Waals surface area contributed by atoms with Gasteiger partial charge < -0.3 is 16.0 Å². The molecule has 2 rings (SSSR count). The van der Waals surface area contributed by atoms with E-state index in [1.165, 1.54) is 0 Å². The van der Waals surface area contributed by atoms with E-state index in [4.69, 9.17) is 23.2 Å². The molecule has 0 spiro atoms. The molecule has 1 heterocycles. The largest absolute Gasteiger partial charge is 0.355 e. The van der Waals surface area contributed by atoms with Gasteiger partial charge >= 0.3 is 0 Å². The minimum Gasteiger partial charge on any atom is -0.355 e. The Labute approximate surface area is 127 Å². The van der Waals surface area contributed by atoms with Crippen LogP contribution >= 0.6 is 23.2 Å². The van der Waals surface area contributed by atoms with Crippen molar-refractivity contribution in [3.63, 3.8) is 0 Å². The Kier molecular flexibility index (Phi) is 5.23. The number of benzene rings is 1. The number of para-hydroxylation sites is 1. The third-order valence-corrected chi connectivity index (χ3v) is 3.67. The van der Waals surface area contributed by atoms with Crippen LogP contribution in [0.25, 0.3) is 0 Å². The molecule has 0 bridgehead atoms. The van der Waals surface area contributed by atoms with E-state index in [2.05, 4.69) is 16.0 Å². The van der Waals surface area contributed by atoms with Gasteiger partial charge in [0.25, 0.3) is 0 Å². The molecule has 0 saturated carbocycles. The van der Waals surface area contributed by atoms with Crippen LogP contribution < -0.4 is 16.0 Å². The highest BCUT2D eigenvalue weighted by Crippen LogP contribution is 2.29. The van der Waals surface area contributed by atoms with Crippen LogP contribution in [0.2, 0.25) is 10.0 Å². The molecular weight excluding hydrogens is 301 g/mol. The van der Waals surface area contributed by atoms with Crippen molar-refractivity contribution in [3.8, 4) is 0 Å². The van der Waals surface area contributed by atoms with Gasteiger partial charge in [-0.2, -0.15) is 0 Å². The molecule has 1 aliphatic rings. The molecule has 1 aromatic rings. The third kappa shape index (κ3) is 4.10. The maximum atomic E-state index is 11.8. The fraction of sp³-hybridized carbons (Fsp3) is 0.385. The third-order valence-electron chi connectivity index (χ3n) is 3.04. The van der Waals surface area contributed by atoms with E-state index in [1.54, 1.807) is 18.2 Å². The molecule has 1 atom stereocenters. The predicted octanol–water partition coefficient (Wildman–Crippen LogP) is 1.80. The van der Waals surface area contributed by atoms with Crippen LogP contribution in [0.4, 0.5) is 5.69 Å². The summed E-state index contributed by atoms with van der Waals surface area (Å²) in [6.07, 6.45) is 1.21. The number of rotatable bonds is 4. The lowest BCUT2D eigenvalue weighted by atomic mass is 10.1. The fourth-order valence-corrected chi connectivity index (χ4v) is 2.44. The second kappa shape index (κ2) is 6.92. The second-order valence-electron chi connectivity index (χ2n) is 4.57. The number of hydrogen-bond donors (Lipinski definition) is 3. The minimum absolute atomic E-state index is 0.0513. The molecule has 2 amide bonds. The van der Waals surface area contributed by atoms with Gasteiger partial charge in [0.1, 0.15) is 0 Å². The number of nitrogens with one attached hydrogen (secondary N) is 3. The van der Waals surface area contributed by atoms with Gasteiger partial charge in [0, 0.05) is 19.0 Å². The lowest BCUT2D eigenvalue weighted by Crippen LogP contribution is -2.47. The van der Waals surface area contributed by atoms with E-state index < -0.39 is 0 Å². The zero-order valence-corrected chi connectivity index (χ0v) is 12.2. The van der Waals surface area contributed by atoms with Crippen molar-refractivity contribution >= 4 is 40.7 Å². The van der Waals surface area contributed by atoms with Crippen LogP contribution in [0.5, 0.6) is 0 Å². The van der Waals surface area contributed by atoms with Crippen molar-refractivity contribution in [2.75, 3.05) is 18.4 Å². The number of carbonyl (C=O) groups excluding carboxylic acids is 2. The first-order chi connectivity index (χ1) is 9.56. The summed E-state index contributed by atoms with van der Waals surface area (Å²) in [5.41, 5.74) is 0.416. The van der Waals surface area contributed by atoms with E-state index >= 15 is 0 Å². The molecule has 20 heavy (non-hydrogen) atoms. The summed E-state index contributed by atoms with van der Waals surface area (Å²) < 4.78 is 0. The molecule has 0 radical (unpaired) electrons. The van der Waals surface area contributed by atoms with Crippen molar-refractivity contribution in [2.45, 2.75) is 18.9 Å². The SMILES string of the molecule is O=C1CCC(NCC(=O)Nc2c(Cl)cccc2Cl)CN1. The predicted molar refractivity (Wildman–Crippen MR) is 79.1 cm³/mol. The Hall–Kier alpha value is -1.30. The van der Waals surface area contributed by atoms with Gasteiger partial charge in [-0.25, -0.2) is 0 Å². The van der Waals surface area contributed by atoms with Crippen LogP contribution in [-0.4, -0.2) is 30.9 Å². The van der Waals surface area contributed by atoms with Crippen LogP contribution in [0, 0.1) is 0 Å². The summed E-state index contributed by atoms with van der Waals surface area (Å²) >= 11 is 11.9. The number of halogens is 2. The average molecular weight is 316 g/mol. The van der Waals surface area contributed by atoms with E-state index in [9.17, 15) is 9.59 Å². The Balaban J connectivity index is 1.82. The Morgan fingerprint density at radius 2 is 2.05 bits per heavy atom. The molecule has 1 aliphatic heterocycles. The van der Waals surface area contributed by atoms with Gasteiger partial charge in [-0.1, -0.05) is 29.3 Å². The van der Waals surface area contributed by atoms with Crippen LogP contribution in [0.3, 0.4) is 0 Å². The monoisotopic (exact) mass is 315 g/mol. The van der Waals surface area contributed by atoms with Gasteiger partial charge in [0.15, 0.2) is 0 Å². The van der Waals surface area contributed by atoms with Gasteiger partial charge in [-0.3, -0.25) is 9.59 Å². The highest BCUT2D eigenvalue weighted by atomic mass is 35.5. The molecule has 1 aromatic carbocycles. The van der Waals surface area contributed by atoms with Crippen LogP contribution in [-0.2, 0) is 9.59 Å². The first-order valence-electron chi connectivity index (χ1n) is 6.30. The fourth-order valence-electron chi connectivity index (χ4n) is 1.94. The maximum absolute atomic E-state index is 11.8. The van der Waals surface area contributed by atoms with E-state index in [0.29, 0.717) is 28.7 Å². The molecule has 1 unspecified atom stereocenters. The molecule has 3 N–H and O–H groups in total. The number of amides is 2. The van der Waals surface area contributed by atoms with Crippen molar-refractivity contribution in [1.29, 1.82) is 0 Å². The van der Waals surface area contributed by atoms with Crippen LogP contribution in [0.15, 0.2) is 18.2 Å². The summed E-state index contributed by atoms with van der Waals surface area (Å²) in [7, 11) is 0. The summed E-state index contributed by atoms with van der Waals surface area (Å²) in [6, 6.07) is 5.14. The van der Waals surface area contributed by atoms with E-state index in [-0.39, 0.29) is 24.4 Å². The second-order valence-corrected chi connectivity index (χ2v) is 5.38. The van der Waals surface area contributed by atoms with Crippen molar-refractivity contribution in [2.24, 2.45) is 0 Å². The van der Waals surface area contributed by atoms with E-state index in [0.717, 1.165) is 6.42 Å². The highest BCUT2D eigenvalue weighted by molar-refractivity contribution is 6.39. The topological polar surface area (TPSA) is 70.2 Å². The van der Waals surface area contributed by atoms with Gasteiger partial charge in [-0.15, -0.1) is 0 Å². The Morgan fingerprint density at radius 1 is 1.35 bits per heavy atom. The Bertz CT molecular complexity index is 492. The average Bonchev–Trinajstić information content (AvgIpc) is 2.42. The number of carbonyl (C=O) groups is 2. The molecule has 108 valence electrons. The molecule has 0 aliphatic carbocycles.